The van der Waals surface area contributed by atoms with Crippen molar-refractivity contribution in [1.29, 1.82) is 0 Å². The molecule has 0 aliphatic rings. The van der Waals surface area contributed by atoms with Crippen molar-refractivity contribution in [3.05, 3.63) is 70.9 Å². The average Bonchev–Trinajstić information content (AvgIpc) is 2.68. The smallest absolute Gasteiger partial charge is 0.325 e. The number of aryl methyl sites for hydroxylation is 1. The van der Waals surface area contributed by atoms with Crippen LogP contribution in [-0.2, 0) is 11.0 Å². The molecule has 1 N–H and O–H groups in total. The number of nitrogens with one attached hydrogen (secondary N) is 1. The topological polar surface area (TPSA) is 54.9 Å². The Labute approximate surface area is 174 Å². The predicted molar refractivity (Wildman–Crippen MR) is 108 cm³/mol. The molecule has 3 aromatic rings. The molecule has 0 bridgehead atoms. The van der Waals surface area contributed by atoms with Crippen molar-refractivity contribution in [3.63, 3.8) is 0 Å². The van der Waals surface area contributed by atoms with Gasteiger partial charge in [-0.1, -0.05) is 53.2 Å². The van der Waals surface area contributed by atoms with Gasteiger partial charge in [-0.25, -0.2) is 9.97 Å². The second-order valence-electron chi connectivity index (χ2n) is 6.13. The highest BCUT2D eigenvalue weighted by molar-refractivity contribution is 7.99. The van der Waals surface area contributed by atoms with E-state index in [2.05, 4.69) is 15.3 Å². The van der Waals surface area contributed by atoms with E-state index in [1.165, 1.54) is 0 Å². The molecule has 0 unspecified atom stereocenters. The monoisotopic (exact) mass is 437 g/mol. The van der Waals surface area contributed by atoms with E-state index in [1.54, 1.807) is 48.5 Å². The number of alkyl halides is 3. The average molecular weight is 438 g/mol. The van der Waals surface area contributed by atoms with Crippen LogP contribution in [0.4, 0.5) is 18.9 Å². The van der Waals surface area contributed by atoms with Gasteiger partial charge >= 0.3 is 6.18 Å². The maximum atomic E-state index is 13.3. The van der Waals surface area contributed by atoms with Gasteiger partial charge in [-0.2, -0.15) is 13.2 Å². The van der Waals surface area contributed by atoms with Crippen molar-refractivity contribution in [2.45, 2.75) is 18.3 Å². The first-order valence-corrected chi connectivity index (χ1v) is 9.78. The van der Waals surface area contributed by atoms with Crippen LogP contribution >= 0.6 is 23.4 Å². The van der Waals surface area contributed by atoms with Crippen LogP contribution in [0.15, 0.2) is 59.8 Å². The summed E-state index contributed by atoms with van der Waals surface area (Å²) >= 11 is 6.62. The largest absolute Gasteiger partial charge is 0.433 e. The number of hydrogen-bond acceptors (Lipinski definition) is 4. The van der Waals surface area contributed by atoms with E-state index in [4.69, 9.17) is 11.6 Å². The molecule has 0 fully saturated rings. The molecular formula is C20H15ClF3N3OS. The first-order chi connectivity index (χ1) is 13.7. The maximum Gasteiger partial charge on any atom is 0.433 e. The summed E-state index contributed by atoms with van der Waals surface area (Å²) < 4.78 is 39.8. The molecule has 3 rings (SSSR count). The van der Waals surface area contributed by atoms with Crippen LogP contribution in [0.5, 0.6) is 0 Å². The van der Waals surface area contributed by atoms with E-state index in [0.29, 0.717) is 16.3 Å². The Bertz CT molecular complexity index is 1010. The van der Waals surface area contributed by atoms with Crippen LogP contribution < -0.4 is 5.32 Å². The molecule has 1 heterocycles. The predicted octanol–water partition coefficient (Wildman–Crippen LogP) is 5.86. The zero-order valence-electron chi connectivity index (χ0n) is 15.1. The Balaban J connectivity index is 1.78. The number of thioether (sulfide) groups is 1. The van der Waals surface area contributed by atoms with Crippen molar-refractivity contribution in [3.8, 4) is 11.3 Å². The van der Waals surface area contributed by atoms with Gasteiger partial charge in [0, 0.05) is 16.3 Å². The summed E-state index contributed by atoms with van der Waals surface area (Å²) in [7, 11) is 0. The Kier molecular flexibility index (Phi) is 6.44. The van der Waals surface area contributed by atoms with Gasteiger partial charge in [0.05, 0.1) is 11.4 Å². The minimum absolute atomic E-state index is 0.123. The molecule has 0 spiro atoms. The molecule has 2 aromatic carbocycles. The quantitative estimate of drug-likeness (QED) is 0.401. The van der Waals surface area contributed by atoms with E-state index in [0.717, 1.165) is 23.4 Å². The third-order valence-corrected chi connectivity index (χ3v) is 4.90. The van der Waals surface area contributed by atoms with Gasteiger partial charge in [-0.15, -0.1) is 0 Å². The summed E-state index contributed by atoms with van der Waals surface area (Å²) in [5, 5.41) is 3.04. The summed E-state index contributed by atoms with van der Waals surface area (Å²) in [6.45, 7) is 1.88. The fraction of sp³-hybridized carbons (Fsp3) is 0.150. The highest BCUT2D eigenvalue weighted by Crippen LogP contribution is 2.32. The summed E-state index contributed by atoms with van der Waals surface area (Å²) in [6, 6.07) is 14.4. The lowest BCUT2D eigenvalue weighted by molar-refractivity contribution is -0.141. The first kappa shape index (κ1) is 21.1. The van der Waals surface area contributed by atoms with Gasteiger partial charge < -0.3 is 5.32 Å². The normalized spacial score (nSPS) is 11.3. The maximum absolute atomic E-state index is 13.3. The summed E-state index contributed by atoms with van der Waals surface area (Å²) in [6.07, 6.45) is -4.62. The number of rotatable bonds is 5. The molecule has 0 radical (unpaired) electrons. The molecule has 150 valence electrons. The minimum atomic E-state index is -4.62. The van der Waals surface area contributed by atoms with Crippen LogP contribution in [0.2, 0.25) is 5.02 Å². The molecular weight excluding hydrogens is 423 g/mol. The molecule has 9 heteroatoms. The molecule has 0 atom stereocenters. The number of anilines is 1. The van der Waals surface area contributed by atoms with E-state index >= 15 is 0 Å². The van der Waals surface area contributed by atoms with Gasteiger partial charge in [0.25, 0.3) is 0 Å². The fourth-order valence-corrected chi connectivity index (χ4v) is 3.15. The van der Waals surface area contributed by atoms with Gasteiger partial charge in [0.1, 0.15) is 5.69 Å². The van der Waals surface area contributed by atoms with E-state index in [-0.39, 0.29) is 16.6 Å². The molecule has 0 saturated carbocycles. The SMILES string of the molecule is Cc1ccc(-c2cc(C(F)(F)F)nc(SCC(=O)Nc3ccc(Cl)cc3)n2)cc1. The Morgan fingerprint density at radius 1 is 1.07 bits per heavy atom. The second-order valence-corrected chi connectivity index (χ2v) is 7.51. The van der Waals surface area contributed by atoms with Crippen molar-refractivity contribution in [1.82, 2.24) is 9.97 Å². The van der Waals surface area contributed by atoms with Gasteiger partial charge in [-0.3, -0.25) is 4.79 Å². The summed E-state index contributed by atoms with van der Waals surface area (Å²) in [5.41, 5.74) is 1.14. The Morgan fingerprint density at radius 3 is 2.34 bits per heavy atom. The van der Waals surface area contributed by atoms with Gasteiger partial charge in [-0.05, 0) is 37.3 Å². The third kappa shape index (κ3) is 5.95. The van der Waals surface area contributed by atoms with Crippen molar-refractivity contribution >= 4 is 35.0 Å². The number of amides is 1. The van der Waals surface area contributed by atoms with E-state index in [1.807, 2.05) is 6.92 Å². The number of carbonyl (C=O) groups is 1. The lowest BCUT2D eigenvalue weighted by Gasteiger charge is -2.11. The zero-order valence-corrected chi connectivity index (χ0v) is 16.7. The molecule has 1 amide bonds. The van der Waals surface area contributed by atoms with Crippen LogP contribution in [0.3, 0.4) is 0 Å². The van der Waals surface area contributed by atoms with Crippen LogP contribution in [0.1, 0.15) is 11.3 Å². The van der Waals surface area contributed by atoms with Gasteiger partial charge in [0.2, 0.25) is 5.91 Å². The lowest BCUT2D eigenvalue weighted by Crippen LogP contribution is -2.15. The van der Waals surface area contributed by atoms with Crippen molar-refractivity contribution in [2.75, 3.05) is 11.1 Å². The Morgan fingerprint density at radius 2 is 1.72 bits per heavy atom. The molecule has 0 aliphatic heterocycles. The number of benzene rings is 2. The minimum Gasteiger partial charge on any atom is -0.325 e. The van der Waals surface area contributed by atoms with E-state index in [9.17, 15) is 18.0 Å². The first-order valence-electron chi connectivity index (χ1n) is 8.42. The number of aromatic nitrogens is 2. The second kappa shape index (κ2) is 8.84. The molecule has 29 heavy (non-hydrogen) atoms. The van der Waals surface area contributed by atoms with Crippen molar-refractivity contribution < 1.29 is 18.0 Å². The van der Waals surface area contributed by atoms with E-state index < -0.39 is 17.8 Å². The molecule has 0 aliphatic carbocycles. The third-order valence-electron chi connectivity index (χ3n) is 3.80. The van der Waals surface area contributed by atoms with Crippen LogP contribution in [0, 0.1) is 6.92 Å². The summed E-state index contributed by atoms with van der Waals surface area (Å²) in [5.74, 6) is -0.535. The number of nitrogens with zero attached hydrogens (tertiary/aromatic N) is 2. The van der Waals surface area contributed by atoms with Crippen LogP contribution in [-0.4, -0.2) is 21.6 Å². The molecule has 4 nitrogen and oxygen atoms in total. The number of carbonyl (C=O) groups excluding carboxylic acids is 1. The highest BCUT2D eigenvalue weighted by Gasteiger charge is 2.34. The van der Waals surface area contributed by atoms with Gasteiger partial charge in [0.15, 0.2) is 5.16 Å². The highest BCUT2D eigenvalue weighted by atomic mass is 35.5. The number of hydrogen-bond donors (Lipinski definition) is 1. The lowest BCUT2D eigenvalue weighted by atomic mass is 10.1. The zero-order chi connectivity index (χ0) is 21.0. The fourth-order valence-electron chi connectivity index (χ4n) is 2.37. The molecule has 1 aromatic heterocycles. The Hall–Kier alpha value is -2.58. The molecule has 0 saturated heterocycles. The van der Waals surface area contributed by atoms with Crippen LogP contribution in [0.25, 0.3) is 11.3 Å². The van der Waals surface area contributed by atoms with Crippen molar-refractivity contribution in [2.24, 2.45) is 0 Å². The summed E-state index contributed by atoms with van der Waals surface area (Å²) in [4.78, 5) is 19.9. The standard InChI is InChI=1S/C20H15ClF3N3OS/c1-12-2-4-13(5-3-12)16-10-17(20(22,23)24)27-19(26-16)29-11-18(28)25-15-8-6-14(21)7-9-15/h2-10H,11H2,1H3,(H,25,28). The number of halogens is 4.